The number of nitro groups is 1. The van der Waals surface area contributed by atoms with Crippen LogP contribution in [0.2, 0.25) is 0 Å². The van der Waals surface area contributed by atoms with Crippen LogP contribution in [0, 0.1) is 17.0 Å². The molecule has 3 aromatic rings. The van der Waals surface area contributed by atoms with Gasteiger partial charge in [0.1, 0.15) is 0 Å². The molecule has 0 atom stereocenters. The summed E-state index contributed by atoms with van der Waals surface area (Å²) in [4.78, 5) is 29.8. The van der Waals surface area contributed by atoms with Crippen molar-refractivity contribution in [2.24, 2.45) is 0 Å². The number of allylic oxidation sites excluding steroid dienone is 1. The number of benzene rings is 2. The van der Waals surface area contributed by atoms with E-state index < -0.39 is 4.92 Å². The number of hydrogen-bond acceptors (Lipinski definition) is 7. The van der Waals surface area contributed by atoms with E-state index in [1.165, 1.54) is 23.5 Å². The van der Waals surface area contributed by atoms with Crippen molar-refractivity contribution in [3.8, 4) is 0 Å². The third-order valence-electron chi connectivity index (χ3n) is 4.19. The van der Waals surface area contributed by atoms with Gasteiger partial charge in [0.05, 0.1) is 15.5 Å². The summed E-state index contributed by atoms with van der Waals surface area (Å²) in [5, 5.41) is 14.4. The number of carbonyl (C=O) groups excluding carboxylic acids is 1. The Kier molecular flexibility index (Phi) is 6.04. The summed E-state index contributed by atoms with van der Waals surface area (Å²) in [6, 6.07) is 13.9. The number of aryl methyl sites for hydroxylation is 1. The Balaban J connectivity index is 1.70. The number of nitro benzene ring substituents is 1. The smallest absolute Gasteiger partial charge is 0.269 e. The first-order valence-electron chi connectivity index (χ1n) is 8.82. The molecular weight excluding hydrogens is 388 g/mol. The summed E-state index contributed by atoms with van der Waals surface area (Å²) in [5.41, 5.74) is 3.35. The van der Waals surface area contributed by atoms with Crippen molar-refractivity contribution in [2.75, 3.05) is 24.3 Å². The number of nitrogens with one attached hydrogen (secondary N) is 1. The van der Waals surface area contributed by atoms with Crippen molar-refractivity contribution in [2.45, 2.75) is 6.92 Å². The van der Waals surface area contributed by atoms with Gasteiger partial charge in [-0.05, 0) is 42.8 Å². The van der Waals surface area contributed by atoms with Crippen LogP contribution in [0.3, 0.4) is 0 Å². The molecule has 0 aliphatic carbocycles. The Labute approximate surface area is 172 Å². The monoisotopic (exact) mass is 408 g/mol. The molecule has 0 bridgehead atoms. The quantitative estimate of drug-likeness (QED) is 0.254. The van der Waals surface area contributed by atoms with Crippen molar-refractivity contribution in [1.82, 2.24) is 4.98 Å². The predicted molar refractivity (Wildman–Crippen MR) is 117 cm³/mol. The first-order valence-corrected chi connectivity index (χ1v) is 9.64. The Morgan fingerprint density at radius 3 is 2.38 bits per heavy atom. The van der Waals surface area contributed by atoms with E-state index in [1.54, 1.807) is 31.2 Å². The predicted octanol–water partition coefficient (Wildman–Crippen LogP) is 5.07. The molecule has 3 rings (SSSR count). The second kappa shape index (κ2) is 8.66. The largest absolute Gasteiger partial charge is 0.378 e. The summed E-state index contributed by atoms with van der Waals surface area (Å²) in [5.74, 6) is -0.117. The van der Waals surface area contributed by atoms with Gasteiger partial charge in [0, 0.05) is 37.6 Å². The average Bonchev–Trinajstić information content (AvgIpc) is 3.07. The third kappa shape index (κ3) is 5.05. The summed E-state index contributed by atoms with van der Waals surface area (Å²) >= 11 is 1.25. The summed E-state index contributed by atoms with van der Waals surface area (Å²) in [6.45, 7) is 1.78. The first-order chi connectivity index (χ1) is 13.8. The molecule has 29 heavy (non-hydrogen) atoms. The van der Waals surface area contributed by atoms with Gasteiger partial charge in [0.15, 0.2) is 10.9 Å². The van der Waals surface area contributed by atoms with Gasteiger partial charge >= 0.3 is 0 Å². The van der Waals surface area contributed by atoms with Gasteiger partial charge in [-0.15, -0.1) is 0 Å². The van der Waals surface area contributed by atoms with E-state index in [-0.39, 0.29) is 11.5 Å². The van der Waals surface area contributed by atoms with Gasteiger partial charge in [-0.3, -0.25) is 14.9 Å². The van der Waals surface area contributed by atoms with Gasteiger partial charge < -0.3 is 10.2 Å². The average molecular weight is 408 g/mol. The molecule has 8 heteroatoms. The highest BCUT2D eigenvalue weighted by atomic mass is 32.1. The van der Waals surface area contributed by atoms with Crippen molar-refractivity contribution in [3.63, 3.8) is 0 Å². The van der Waals surface area contributed by atoms with Gasteiger partial charge in [-0.1, -0.05) is 29.5 Å². The van der Waals surface area contributed by atoms with Crippen molar-refractivity contribution in [1.29, 1.82) is 0 Å². The van der Waals surface area contributed by atoms with Gasteiger partial charge in [0.25, 0.3) is 5.69 Å². The van der Waals surface area contributed by atoms with E-state index >= 15 is 0 Å². The van der Waals surface area contributed by atoms with Gasteiger partial charge in [0.2, 0.25) is 0 Å². The van der Waals surface area contributed by atoms with E-state index in [1.807, 2.05) is 43.3 Å². The number of rotatable bonds is 7. The molecule has 0 aliphatic heterocycles. The zero-order valence-electron chi connectivity index (χ0n) is 16.2. The van der Waals surface area contributed by atoms with E-state index in [2.05, 4.69) is 10.3 Å². The fourth-order valence-corrected chi connectivity index (χ4v) is 3.51. The van der Waals surface area contributed by atoms with Crippen molar-refractivity contribution in [3.05, 3.63) is 80.9 Å². The minimum atomic E-state index is -0.450. The topological polar surface area (TPSA) is 88.4 Å². The highest BCUT2D eigenvalue weighted by molar-refractivity contribution is 7.17. The molecule has 1 aromatic heterocycles. The Morgan fingerprint density at radius 1 is 1.14 bits per heavy atom. The summed E-state index contributed by atoms with van der Waals surface area (Å²) in [6.07, 6.45) is 3.32. The summed E-state index contributed by atoms with van der Waals surface area (Å²) < 4.78 is 0. The number of hydrogen-bond donors (Lipinski definition) is 1. The van der Waals surface area contributed by atoms with Gasteiger partial charge in [-0.25, -0.2) is 4.98 Å². The lowest BCUT2D eigenvalue weighted by Crippen LogP contribution is -2.07. The van der Waals surface area contributed by atoms with Crippen LogP contribution in [0.1, 0.15) is 20.9 Å². The number of anilines is 3. The molecule has 7 nitrogen and oxygen atoms in total. The van der Waals surface area contributed by atoms with Crippen LogP contribution in [0.25, 0.3) is 6.08 Å². The summed E-state index contributed by atoms with van der Waals surface area (Å²) in [7, 11) is 3.95. The van der Waals surface area contributed by atoms with Crippen molar-refractivity contribution < 1.29 is 9.72 Å². The van der Waals surface area contributed by atoms with E-state index in [9.17, 15) is 14.9 Å². The number of aromatic nitrogens is 1. The number of ketones is 1. The molecule has 0 unspecified atom stereocenters. The Bertz CT molecular complexity index is 1050. The highest BCUT2D eigenvalue weighted by Crippen LogP contribution is 2.27. The maximum atomic E-state index is 12.6. The molecule has 2 aromatic carbocycles. The van der Waals surface area contributed by atoms with Crippen LogP contribution in [-0.2, 0) is 0 Å². The van der Waals surface area contributed by atoms with Gasteiger partial charge in [-0.2, -0.15) is 0 Å². The van der Waals surface area contributed by atoms with E-state index in [0.717, 1.165) is 11.3 Å². The van der Waals surface area contributed by atoms with Crippen LogP contribution in [0.4, 0.5) is 22.2 Å². The lowest BCUT2D eigenvalue weighted by atomic mass is 10.1. The molecule has 0 aliphatic rings. The maximum absolute atomic E-state index is 12.6. The zero-order valence-corrected chi connectivity index (χ0v) is 17.1. The fraction of sp³-hybridized carbons (Fsp3) is 0.143. The number of thiazole rings is 1. The van der Waals surface area contributed by atoms with Crippen LogP contribution < -0.4 is 10.2 Å². The lowest BCUT2D eigenvalue weighted by Gasteiger charge is -2.11. The molecule has 0 spiro atoms. The third-order valence-corrected chi connectivity index (χ3v) is 5.27. The molecular formula is C21H20N4O3S. The SMILES string of the molecule is Cc1nc(Nc2ccc([N+](=O)[O-])cc2)sc1C(=O)/C=C\c1ccc(N(C)C)cc1. The molecule has 0 saturated heterocycles. The van der Waals surface area contributed by atoms with Crippen molar-refractivity contribution >= 4 is 45.4 Å². The lowest BCUT2D eigenvalue weighted by molar-refractivity contribution is -0.384. The number of nitrogens with zero attached hydrogens (tertiary/aromatic N) is 3. The normalized spacial score (nSPS) is 10.9. The van der Waals surface area contributed by atoms with Crippen LogP contribution >= 0.6 is 11.3 Å². The minimum absolute atomic E-state index is 0.0190. The molecule has 1 heterocycles. The fourth-order valence-electron chi connectivity index (χ4n) is 2.60. The molecule has 0 saturated carbocycles. The Morgan fingerprint density at radius 2 is 1.79 bits per heavy atom. The molecule has 1 N–H and O–H groups in total. The van der Waals surface area contributed by atoms with Crippen LogP contribution in [-0.4, -0.2) is 29.8 Å². The molecule has 0 fully saturated rings. The highest BCUT2D eigenvalue weighted by Gasteiger charge is 2.14. The second-order valence-electron chi connectivity index (χ2n) is 6.55. The van der Waals surface area contributed by atoms with E-state index in [0.29, 0.717) is 21.4 Å². The Hall–Kier alpha value is -3.52. The van der Waals surface area contributed by atoms with E-state index in [4.69, 9.17) is 0 Å². The standard InChI is InChI=1S/C21H20N4O3S/c1-14-20(19(26)13-6-15-4-9-17(10-5-15)24(2)3)29-21(22-14)23-16-7-11-18(12-8-16)25(27)28/h4-13H,1-3H3,(H,22,23)/b13-6-. The van der Waals surface area contributed by atoms with Crippen LogP contribution in [0.15, 0.2) is 54.6 Å². The number of non-ortho nitro benzene ring substituents is 1. The number of carbonyl (C=O) groups is 1. The second-order valence-corrected chi connectivity index (χ2v) is 7.55. The maximum Gasteiger partial charge on any atom is 0.269 e. The molecule has 0 radical (unpaired) electrons. The molecule has 0 amide bonds. The zero-order chi connectivity index (χ0) is 21.0. The van der Waals surface area contributed by atoms with Crippen LogP contribution in [0.5, 0.6) is 0 Å². The molecule has 148 valence electrons. The minimum Gasteiger partial charge on any atom is -0.378 e. The first kappa shape index (κ1) is 20.2.